The lowest BCUT2D eigenvalue weighted by molar-refractivity contribution is 0.258. The quantitative estimate of drug-likeness (QED) is 0.783. The Bertz CT molecular complexity index is 313. The van der Waals surface area contributed by atoms with E-state index in [1.54, 1.807) is 18.2 Å². The highest BCUT2D eigenvalue weighted by Crippen LogP contribution is 2.32. The average Bonchev–Trinajstić information content (AvgIpc) is 2.48. The van der Waals surface area contributed by atoms with Crippen LogP contribution in [0.4, 0.5) is 0 Å². The summed E-state index contributed by atoms with van der Waals surface area (Å²) < 4.78 is 25.9. The molecule has 4 nitrogen and oxygen atoms in total. The molecule has 0 spiro atoms. The zero-order chi connectivity index (χ0) is 11.7. The molecule has 0 bridgehead atoms. The number of hydrogen-bond acceptors (Lipinski definition) is 3. The summed E-state index contributed by atoms with van der Waals surface area (Å²) in [6, 6.07) is 0. The van der Waals surface area contributed by atoms with Gasteiger partial charge in [-0.25, -0.2) is 8.42 Å². The van der Waals surface area contributed by atoms with E-state index in [-0.39, 0.29) is 10.8 Å². The molecular weight excluding hydrogens is 212 g/mol. The Morgan fingerprint density at radius 1 is 1.47 bits per heavy atom. The minimum atomic E-state index is -3.11. The Morgan fingerprint density at radius 2 is 2.07 bits per heavy atom. The third-order valence-electron chi connectivity index (χ3n) is 3.14. The van der Waals surface area contributed by atoms with Gasteiger partial charge in [-0.3, -0.25) is 0 Å². The maximum Gasteiger partial charge on any atom is 0.216 e. The van der Waals surface area contributed by atoms with Gasteiger partial charge in [0.25, 0.3) is 0 Å². The van der Waals surface area contributed by atoms with Crippen LogP contribution in [0.5, 0.6) is 0 Å². The van der Waals surface area contributed by atoms with Crippen LogP contribution in [-0.2, 0) is 10.0 Å². The normalized spacial score (nSPS) is 28.9. The highest BCUT2D eigenvalue weighted by Gasteiger charge is 2.43. The van der Waals surface area contributed by atoms with Gasteiger partial charge in [0.2, 0.25) is 10.0 Å². The lowest BCUT2D eigenvalue weighted by Crippen LogP contribution is -2.52. The SMILES string of the molecule is CNCC1(C)CCCN1S(=O)(=O)C(C)C. The highest BCUT2D eigenvalue weighted by atomic mass is 32.2. The standard InChI is InChI=1S/C10H22N2O2S/c1-9(2)15(13,14)12-7-5-6-10(12,3)8-11-4/h9,11H,5-8H2,1-4H3. The first-order valence-corrected chi connectivity index (χ1v) is 7.01. The molecule has 0 amide bonds. The molecule has 1 rings (SSSR count). The fraction of sp³-hybridized carbons (Fsp3) is 1.00. The number of nitrogens with zero attached hydrogens (tertiary/aromatic N) is 1. The Morgan fingerprint density at radius 3 is 2.53 bits per heavy atom. The molecule has 1 unspecified atom stereocenters. The molecule has 0 aromatic heterocycles. The van der Waals surface area contributed by atoms with Crippen LogP contribution in [-0.4, -0.2) is 43.6 Å². The van der Waals surface area contributed by atoms with Crippen LogP contribution in [0.3, 0.4) is 0 Å². The van der Waals surface area contributed by atoms with Crippen molar-refractivity contribution in [3.05, 3.63) is 0 Å². The highest BCUT2D eigenvalue weighted by molar-refractivity contribution is 7.89. The molecule has 0 saturated carbocycles. The first-order chi connectivity index (χ1) is 6.84. The van der Waals surface area contributed by atoms with Crippen LogP contribution in [0.25, 0.3) is 0 Å². The molecule has 1 atom stereocenters. The van der Waals surface area contributed by atoms with Gasteiger partial charge in [-0.2, -0.15) is 4.31 Å². The maximum atomic E-state index is 12.1. The van der Waals surface area contributed by atoms with E-state index in [1.807, 2.05) is 14.0 Å². The molecule has 1 aliphatic heterocycles. The topological polar surface area (TPSA) is 49.4 Å². The Balaban J connectivity index is 2.95. The number of likely N-dealkylation sites (N-methyl/N-ethyl adjacent to an activating group) is 1. The number of rotatable bonds is 4. The first-order valence-electron chi connectivity index (χ1n) is 5.51. The first kappa shape index (κ1) is 12.9. The monoisotopic (exact) mass is 234 g/mol. The lowest BCUT2D eigenvalue weighted by Gasteiger charge is -2.35. The van der Waals surface area contributed by atoms with Crippen LogP contribution in [0.1, 0.15) is 33.6 Å². The predicted octanol–water partition coefficient (Wildman–Crippen LogP) is 0.798. The van der Waals surface area contributed by atoms with Crippen molar-refractivity contribution < 1.29 is 8.42 Å². The van der Waals surface area contributed by atoms with E-state index in [1.165, 1.54) is 0 Å². The summed E-state index contributed by atoms with van der Waals surface area (Å²) in [5.41, 5.74) is -0.238. The molecule has 1 aliphatic rings. The molecule has 1 fully saturated rings. The van der Waals surface area contributed by atoms with E-state index >= 15 is 0 Å². The van der Waals surface area contributed by atoms with Crippen LogP contribution >= 0.6 is 0 Å². The van der Waals surface area contributed by atoms with Crippen molar-refractivity contribution in [2.24, 2.45) is 0 Å². The summed E-state index contributed by atoms with van der Waals surface area (Å²) in [6.07, 6.45) is 1.91. The van der Waals surface area contributed by atoms with Crippen LogP contribution < -0.4 is 5.32 Å². The maximum absolute atomic E-state index is 12.1. The van der Waals surface area contributed by atoms with E-state index in [9.17, 15) is 8.42 Å². The second kappa shape index (κ2) is 4.39. The lowest BCUT2D eigenvalue weighted by atomic mass is 10.0. The largest absolute Gasteiger partial charge is 0.318 e. The van der Waals surface area contributed by atoms with E-state index < -0.39 is 10.0 Å². The summed E-state index contributed by atoms with van der Waals surface area (Å²) in [6.45, 7) is 6.90. The van der Waals surface area contributed by atoms with Crippen molar-refractivity contribution in [1.29, 1.82) is 0 Å². The molecule has 0 aliphatic carbocycles. The molecule has 1 N–H and O–H groups in total. The van der Waals surface area contributed by atoms with E-state index in [2.05, 4.69) is 5.32 Å². The van der Waals surface area contributed by atoms with Crippen molar-refractivity contribution in [2.45, 2.75) is 44.4 Å². The van der Waals surface area contributed by atoms with Gasteiger partial charge in [0, 0.05) is 18.6 Å². The van der Waals surface area contributed by atoms with E-state index in [0.29, 0.717) is 6.54 Å². The van der Waals surface area contributed by atoms with Crippen molar-refractivity contribution >= 4 is 10.0 Å². The molecule has 0 aromatic carbocycles. The summed E-state index contributed by atoms with van der Waals surface area (Å²) >= 11 is 0. The van der Waals surface area contributed by atoms with Crippen LogP contribution in [0, 0.1) is 0 Å². The molecule has 0 radical (unpaired) electrons. The Kier molecular flexibility index (Phi) is 3.79. The molecule has 1 heterocycles. The molecule has 90 valence electrons. The van der Waals surface area contributed by atoms with Gasteiger partial charge in [-0.15, -0.1) is 0 Å². The average molecular weight is 234 g/mol. The third kappa shape index (κ3) is 2.34. The Hall–Kier alpha value is -0.130. The number of hydrogen-bond donors (Lipinski definition) is 1. The molecular formula is C10H22N2O2S. The van der Waals surface area contributed by atoms with Crippen molar-refractivity contribution in [3.63, 3.8) is 0 Å². The summed E-state index contributed by atoms with van der Waals surface area (Å²) in [5, 5.41) is 2.76. The zero-order valence-electron chi connectivity index (χ0n) is 10.1. The third-order valence-corrected chi connectivity index (χ3v) is 5.57. The fourth-order valence-corrected chi connectivity index (χ4v) is 3.91. The van der Waals surface area contributed by atoms with E-state index in [4.69, 9.17) is 0 Å². The number of sulfonamides is 1. The van der Waals surface area contributed by atoms with Crippen molar-refractivity contribution in [2.75, 3.05) is 20.1 Å². The second-order valence-electron chi connectivity index (χ2n) is 4.80. The van der Waals surface area contributed by atoms with Gasteiger partial charge < -0.3 is 5.32 Å². The molecule has 1 saturated heterocycles. The van der Waals surface area contributed by atoms with Gasteiger partial charge in [-0.05, 0) is 40.7 Å². The van der Waals surface area contributed by atoms with Crippen molar-refractivity contribution in [3.8, 4) is 0 Å². The summed E-state index contributed by atoms with van der Waals surface area (Å²) in [5.74, 6) is 0. The molecule has 0 aromatic rings. The van der Waals surface area contributed by atoms with Gasteiger partial charge >= 0.3 is 0 Å². The molecule has 15 heavy (non-hydrogen) atoms. The minimum absolute atomic E-state index is 0.238. The molecule has 5 heteroatoms. The predicted molar refractivity (Wildman–Crippen MR) is 62.3 cm³/mol. The van der Waals surface area contributed by atoms with E-state index in [0.717, 1.165) is 19.4 Å². The fourth-order valence-electron chi connectivity index (χ4n) is 2.24. The van der Waals surface area contributed by atoms with Gasteiger partial charge in [0.1, 0.15) is 0 Å². The van der Waals surface area contributed by atoms with Gasteiger partial charge in [-0.1, -0.05) is 0 Å². The zero-order valence-corrected chi connectivity index (χ0v) is 10.9. The summed E-state index contributed by atoms with van der Waals surface area (Å²) in [7, 11) is -1.25. The second-order valence-corrected chi connectivity index (χ2v) is 7.21. The minimum Gasteiger partial charge on any atom is -0.318 e. The van der Waals surface area contributed by atoms with Gasteiger partial charge in [0.05, 0.1) is 5.25 Å². The Labute approximate surface area is 93.1 Å². The number of nitrogens with one attached hydrogen (secondary N) is 1. The summed E-state index contributed by atoms with van der Waals surface area (Å²) in [4.78, 5) is 0. The van der Waals surface area contributed by atoms with Crippen LogP contribution in [0.2, 0.25) is 0 Å². The van der Waals surface area contributed by atoms with Crippen molar-refractivity contribution in [1.82, 2.24) is 9.62 Å². The van der Waals surface area contributed by atoms with Crippen LogP contribution in [0.15, 0.2) is 0 Å². The smallest absolute Gasteiger partial charge is 0.216 e. The van der Waals surface area contributed by atoms with Gasteiger partial charge in [0.15, 0.2) is 0 Å².